The molecular formula is C20H22N2O2S. The topological polar surface area (TPSA) is 41.6 Å². The van der Waals surface area contributed by atoms with E-state index in [9.17, 15) is 4.79 Å². The van der Waals surface area contributed by atoms with Crippen LogP contribution >= 0.6 is 11.8 Å². The zero-order valence-corrected chi connectivity index (χ0v) is 15.1. The fourth-order valence-electron chi connectivity index (χ4n) is 3.65. The first kappa shape index (κ1) is 16.5. The van der Waals surface area contributed by atoms with Crippen LogP contribution in [0.4, 0.5) is 0 Å². The third-order valence-corrected chi connectivity index (χ3v) is 6.08. The standard InChI is InChI=1S/C20H22N2O2S/c1-24-16-4-8-18(9-5-16)25-17-6-2-14(3-7-17)20(23)21-19-13-22-11-10-15(19)12-22/h2-9,15,19H,10-13H2,1H3,(H,21,23)/t15-,19?/m0/s1. The molecule has 5 heteroatoms. The second-order valence-corrected chi connectivity index (χ2v) is 7.84. The van der Waals surface area contributed by atoms with Crippen LogP contribution in [0.1, 0.15) is 16.8 Å². The molecule has 2 saturated heterocycles. The van der Waals surface area contributed by atoms with Gasteiger partial charge in [-0.15, -0.1) is 0 Å². The number of nitrogens with zero attached hydrogens (tertiary/aromatic N) is 1. The second kappa shape index (κ2) is 7.10. The van der Waals surface area contributed by atoms with E-state index >= 15 is 0 Å². The van der Waals surface area contributed by atoms with Gasteiger partial charge in [0.1, 0.15) is 5.75 Å². The second-order valence-electron chi connectivity index (χ2n) is 6.69. The van der Waals surface area contributed by atoms with Gasteiger partial charge in [0.25, 0.3) is 5.91 Å². The number of hydrogen-bond acceptors (Lipinski definition) is 4. The Bertz CT molecular complexity index is 745. The Balaban J connectivity index is 1.36. The largest absolute Gasteiger partial charge is 0.497 e. The predicted octanol–water partition coefficient (Wildman–Crippen LogP) is 3.28. The van der Waals surface area contributed by atoms with Crippen LogP contribution in [0, 0.1) is 5.92 Å². The summed E-state index contributed by atoms with van der Waals surface area (Å²) < 4.78 is 5.18. The number of fused-ring (bicyclic) bond motifs is 2. The number of amides is 1. The zero-order valence-electron chi connectivity index (χ0n) is 14.3. The molecule has 1 N–H and O–H groups in total. The van der Waals surface area contributed by atoms with E-state index in [1.54, 1.807) is 18.9 Å². The van der Waals surface area contributed by atoms with Crippen molar-refractivity contribution >= 4 is 17.7 Å². The van der Waals surface area contributed by atoms with Crippen LogP contribution in [0.2, 0.25) is 0 Å². The molecule has 130 valence electrons. The van der Waals surface area contributed by atoms with Crippen LogP contribution in [0.5, 0.6) is 5.75 Å². The molecule has 2 aromatic rings. The van der Waals surface area contributed by atoms with Crippen LogP contribution in [0.3, 0.4) is 0 Å². The van der Waals surface area contributed by atoms with Gasteiger partial charge in [-0.25, -0.2) is 0 Å². The monoisotopic (exact) mass is 354 g/mol. The molecule has 2 unspecified atom stereocenters. The molecule has 0 saturated carbocycles. The highest BCUT2D eigenvalue weighted by molar-refractivity contribution is 7.99. The number of methoxy groups -OCH3 is 1. The first-order valence-corrected chi connectivity index (χ1v) is 9.48. The van der Waals surface area contributed by atoms with E-state index < -0.39 is 0 Å². The molecule has 0 spiro atoms. The third-order valence-electron chi connectivity index (χ3n) is 5.06. The summed E-state index contributed by atoms with van der Waals surface area (Å²) in [5.41, 5.74) is 0.733. The normalized spacial score (nSPS) is 24.3. The first-order valence-electron chi connectivity index (χ1n) is 8.66. The Morgan fingerprint density at radius 1 is 1.08 bits per heavy atom. The van der Waals surface area contributed by atoms with Gasteiger partial charge in [-0.05, 0) is 67.4 Å². The number of hydrogen-bond donors (Lipinski definition) is 1. The highest BCUT2D eigenvalue weighted by Crippen LogP contribution is 2.30. The quantitative estimate of drug-likeness (QED) is 0.895. The SMILES string of the molecule is COc1ccc(Sc2ccc(C(=O)NC3CN4CC[C@H]3C4)cc2)cc1. The van der Waals surface area contributed by atoms with Gasteiger partial charge in [0.15, 0.2) is 0 Å². The van der Waals surface area contributed by atoms with Crippen LogP contribution in [-0.2, 0) is 0 Å². The lowest BCUT2D eigenvalue weighted by atomic mass is 9.99. The molecule has 4 rings (SSSR count). The maximum Gasteiger partial charge on any atom is 0.251 e. The van der Waals surface area contributed by atoms with Gasteiger partial charge in [0, 0.05) is 34.5 Å². The minimum Gasteiger partial charge on any atom is -0.497 e. The summed E-state index contributed by atoms with van der Waals surface area (Å²) in [6.07, 6.45) is 1.21. The Labute approximate surface area is 152 Å². The fraction of sp³-hybridized carbons (Fsp3) is 0.350. The lowest BCUT2D eigenvalue weighted by Crippen LogP contribution is -2.43. The van der Waals surface area contributed by atoms with Gasteiger partial charge in [-0.3, -0.25) is 4.79 Å². The van der Waals surface area contributed by atoms with E-state index in [0.29, 0.717) is 12.0 Å². The lowest BCUT2D eigenvalue weighted by molar-refractivity contribution is 0.0924. The molecule has 0 radical (unpaired) electrons. The molecule has 2 aromatic carbocycles. The molecule has 1 amide bonds. The van der Waals surface area contributed by atoms with Crippen LogP contribution in [-0.4, -0.2) is 43.6 Å². The Morgan fingerprint density at radius 2 is 1.76 bits per heavy atom. The van der Waals surface area contributed by atoms with Crippen molar-refractivity contribution in [2.75, 3.05) is 26.7 Å². The summed E-state index contributed by atoms with van der Waals surface area (Å²) in [6.45, 7) is 3.33. The number of benzene rings is 2. The van der Waals surface area contributed by atoms with Crippen molar-refractivity contribution in [3.63, 3.8) is 0 Å². The van der Waals surface area contributed by atoms with E-state index in [4.69, 9.17) is 4.74 Å². The summed E-state index contributed by atoms with van der Waals surface area (Å²) in [7, 11) is 1.67. The van der Waals surface area contributed by atoms with E-state index in [0.717, 1.165) is 34.2 Å². The summed E-state index contributed by atoms with van der Waals surface area (Å²) in [4.78, 5) is 17.2. The van der Waals surface area contributed by atoms with Crippen molar-refractivity contribution in [2.24, 2.45) is 5.92 Å². The summed E-state index contributed by atoms with van der Waals surface area (Å²) >= 11 is 1.68. The number of rotatable bonds is 5. The molecule has 3 atom stereocenters. The maximum absolute atomic E-state index is 12.5. The van der Waals surface area contributed by atoms with Crippen LogP contribution in [0.25, 0.3) is 0 Å². The van der Waals surface area contributed by atoms with Gasteiger partial charge >= 0.3 is 0 Å². The van der Waals surface area contributed by atoms with Gasteiger partial charge in [0.2, 0.25) is 0 Å². The average molecular weight is 354 g/mol. The molecule has 2 aliphatic rings. The molecule has 2 bridgehead atoms. The molecule has 25 heavy (non-hydrogen) atoms. The number of nitrogens with one attached hydrogen (secondary N) is 1. The van der Waals surface area contributed by atoms with Gasteiger partial charge in [-0.1, -0.05) is 11.8 Å². The van der Waals surface area contributed by atoms with Crippen molar-refractivity contribution < 1.29 is 9.53 Å². The van der Waals surface area contributed by atoms with Gasteiger partial charge in [-0.2, -0.15) is 0 Å². The number of carbonyl (C=O) groups excluding carboxylic acids is 1. The van der Waals surface area contributed by atoms with Gasteiger partial charge < -0.3 is 15.0 Å². The molecule has 0 aliphatic carbocycles. The third kappa shape index (κ3) is 3.67. The molecule has 0 aromatic heterocycles. The molecule has 2 fully saturated rings. The van der Waals surface area contributed by atoms with Crippen molar-refractivity contribution in [1.82, 2.24) is 10.2 Å². The summed E-state index contributed by atoms with van der Waals surface area (Å²) in [5, 5.41) is 3.21. The van der Waals surface area contributed by atoms with Crippen LogP contribution in [0.15, 0.2) is 58.3 Å². The van der Waals surface area contributed by atoms with E-state index in [-0.39, 0.29) is 5.91 Å². The maximum atomic E-state index is 12.5. The van der Waals surface area contributed by atoms with E-state index in [1.165, 1.54) is 13.0 Å². The lowest BCUT2D eigenvalue weighted by Gasteiger charge is -2.23. The highest BCUT2D eigenvalue weighted by Gasteiger charge is 2.38. The van der Waals surface area contributed by atoms with E-state index in [1.807, 2.05) is 48.5 Å². The fourth-order valence-corrected chi connectivity index (χ4v) is 4.47. The zero-order chi connectivity index (χ0) is 17.2. The minimum atomic E-state index is 0.0414. The van der Waals surface area contributed by atoms with Crippen LogP contribution < -0.4 is 10.1 Å². The molecule has 2 aliphatic heterocycles. The number of ether oxygens (including phenoxy) is 1. The predicted molar refractivity (Wildman–Crippen MR) is 99.4 cm³/mol. The highest BCUT2D eigenvalue weighted by atomic mass is 32.2. The number of piperidine rings is 1. The van der Waals surface area contributed by atoms with Crippen molar-refractivity contribution in [2.45, 2.75) is 22.3 Å². The summed E-state index contributed by atoms with van der Waals surface area (Å²) in [6, 6.07) is 16.1. The van der Waals surface area contributed by atoms with Crippen molar-refractivity contribution in [3.8, 4) is 5.75 Å². The first-order chi connectivity index (χ1) is 12.2. The number of carbonyl (C=O) groups is 1. The smallest absolute Gasteiger partial charge is 0.251 e. The van der Waals surface area contributed by atoms with Crippen molar-refractivity contribution in [1.29, 1.82) is 0 Å². The molecular weight excluding hydrogens is 332 g/mol. The van der Waals surface area contributed by atoms with Gasteiger partial charge in [0.05, 0.1) is 7.11 Å². The Morgan fingerprint density at radius 3 is 2.32 bits per heavy atom. The Kier molecular flexibility index (Phi) is 4.68. The average Bonchev–Trinajstić information content (AvgIpc) is 3.26. The molecule has 2 heterocycles. The minimum absolute atomic E-state index is 0.0414. The summed E-state index contributed by atoms with van der Waals surface area (Å²) in [5.74, 6) is 1.53. The van der Waals surface area contributed by atoms with Crippen molar-refractivity contribution in [3.05, 3.63) is 54.1 Å². The van der Waals surface area contributed by atoms with E-state index in [2.05, 4.69) is 10.2 Å². The Hall–Kier alpha value is -1.98. The molecule has 4 nitrogen and oxygen atoms in total.